The van der Waals surface area contributed by atoms with Gasteiger partial charge < -0.3 is 4.90 Å². The SMILES string of the molecule is CC(C)(C)CN1CCC(c2cc(-c3cc(Cl)cc(Cl)c3)nn2Cc2ccc(C(=O)Nc3nnn[nH]3)cc2)CC1. The summed E-state index contributed by atoms with van der Waals surface area (Å²) in [6.07, 6.45) is 2.15. The molecule has 1 amide bonds. The molecule has 2 aromatic heterocycles. The summed E-state index contributed by atoms with van der Waals surface area (Å²) in [6, 6.07) is 15.2. The van der Waals surface area contributed by atoms with Crippen LogP contribution in [0.1, 0.15) is 61.1 Å². The monoisotopic (exact) mass is 566 g/mol. The number of nitrogens with one attached hydrogen (secondary N) is 2. The molecule has 9 nitrogen and oxygen atoms in total. The quantitative estimate of drug-likeness (QED) is 0.288. The van der Waals surface area contributed by atoms with Crippen molar-refractivity contribution in [3.63, 3.8) is 0 Å². The van der Waals surface area contributed by atoms with E-state index in [0.29, 0.717) is 28.1 Å². The Bertz CT molecular complexity index is 1400. The van der Waals surface area contributed by atoms with Gasteiger partial charge in [-0.25, -0.2) is 5.10 Å². The number of halogens is 2. The van der Waals surface area contributed by atoms with Crippen LogP contribution in [-0.2, 0) is 6.54 Å². The number of likely N-dealkylation sites (tertiary alicyclic amines) is 1. The number of hydrogen-bond acceptors (Lipinski definition) is 6. The first kappa shape index (κ1) is 27.3. The molecule has 0 atom stereocenters. The molecule has 2 N–H and O–H groups in total. The summed E-state index contributed by atoms with van der Waals surface area (Å²) in [5.74, 6) is 0.312. The van der Waals surface area contributed by atoms with Crippen LogP contribution in [0, 0.1) is 5.41 Å². The Morgan fingerprint density at radius 1 is 1.05 bits per heavy atom. The number of rotatable bonds is 7. The maximum Gasteiger partial charge on any atom is 0.258 e. The van der Waals surface area contributed by atoms with Gasteiger partial charge in [0, 0.05) is 39.3 Å². The third-order valence-electron chi connectivity index (χ3n) is 6.80. The Hall–Kier alpha value is -3.27. The number of hydrogen-bond donors (Lipinski definition) is 2. The van der Waals surface area contributed by atoms with Gasteiger partial charge in [-0.05, 0) is 83.7 Å². The van der Waals surface area contributed by atoms with Crippen LogP contribution in [0.3, 0.4) is 0 Å². The van der Waals surface area contributed by atoms with Crippen molar-refractivity contribution in [2.75, 3.05) is 25.0 Å². The maximum absolute atomic E-state index is 12.5. The van der Waals surface area contributed by atoms with E-state index in [4.69, 9.17) is 28.3 Å². The van der Waals surface area contributed by atoms with Crippen LogP contribution in [0.15, 0.2) is 48.5 Å². The average molecular weight is 568 g/mol. The van der Waals surface area contributed by atoms with Gasteiger partial charge in [0.2, 0.25) is 5.95 Å². The lowest BCUT2D eigenvalue weighted by Crippen LogP contribution is -2.38. The molecule has 0 unspecified atom stereocenters. The summed E-state index contributed by atoms with van der Waals surface area (Å²) in [5, 5.41) is 21.9. The van der Waals surface area contributed by atoms with E-state index in [1.807, 2.05) is 24.3 Å². The summed E-state index contributed by atoms with van der Waals surface area (Å²) in [4.78, 5) is 15.1. The third-order valence-corrected chi connectivity index (χ3v) is 7.24. The van der Waals surface area contributed by atoms with Crippen LogP contribution in [0.4, 0.5) is 5.95 Å². The smallest absolute Gasteiger partial charge is 0.258 e. The van der Waals surface area contributed by atoms with Gasteiger partial charge in [-0.2, -0.15) is 5.10 Å². The summed E-state index contributed by atoms with van der Waals surface area (Å²) < 4.78 is 2.09. The number of amides is 1. The zero-order valence-electron chi connectivity index (χ0n) is 22.3. The van der Waals surface area contributed by atoms with E-state index in [9.17, 15) is 4.79 Å². The molecule has 11 heteroatoms. The highest BCUT2D eigenvalue weighted by Gasteiger charge is 2.27. The minimum absolute atomic E-state index is 0.201. The second-order valence-electron chi connectivity index (χ2n) is 11.3. The highest BCUT2D eigenvalue weighted by Crippen LogP contribution is 2.34. The summed E-state index contributed by atoms with van der Waals surface area (Å²) in [5.41, 5.74) is 4.78. The second-order valence-corrected chi connectivity index (χ2v) is 12.2. The maximum atomic E-state index is 12.5. The Balaban J connectivity index is 1.37. The van der Waals surface area contributed by atoms with Crippen molar-refractivity contribution in [2.24, 2.45) is 5.41 Å². The van der Waals surface area contributed by atoms with E-state index >= 15 is 0 Å². The highest BCUT2D eigenvalue weighted by molar-refractivity contribution is 6.35. The number of carbonyl (C=O) groups is 1. The zero-order chi connectivity index (χ0) is 27.6. The first-order chi connectivity index (χ1) is 18.6. The lowest BCUT2D eigenvalue weighted by atomic mass is 9.90. The van der Waals surface area contributed by atoms with E-state index < -0.39 is 0 Å². The predicted molar refractivity (Wildman–Crippen MR) is 153 cm³/mol. The fraction of sp³-hybridized carbons (Fsp3) is 0.393. The first-order valence-corrected chi connectivity index (χ1v) is 13.8. The Morgan fingerprint density at radius 2 is 1.74 bits per heavy atom. The predicted octanol–water partition coefficient (Wildman–Crippen LogP) is 5.90. The lowest BCUT2D eigenvalue weighted by molar-refractivity contribution is 0.102. The zero-order valence-corrected chi connectivity index (χ0v) is 23.8. The molecule has 5 rings (SSSR count). The molecule has 1 aliphatic rings. The number of nitrogens with zero attached hydrogens (tertiary/aromatic N) is 6. The van der Waals surface area contributed by atoms with E-state index in [1.165, 1.54) is 5.69 Å². The molecule has 3 heterocycles. The molecule has 4 aromatic rings. The van der Waals surface area contributed by atoms with Crippen molar-refractivity contribution in [1.29, 1.82) is 0 Å². The molecule has 0 saturated carbocycles. The van der Waals surface area contributed by atoms with Crippen LogP contribution in [0.5, 0.6) is 0 Å². The number of carbonyl (C=O) groups excluding carboxylic acids is 1. The number of H-pyrrole nitrogens is 1. The van der Waals surface area contributed by atoms with E-state index in [2.05, 4.69) is 62.4 Å². The number of benzene rings is 2. The topological polar surface area (TPSA) is 105 Å². The number of anilines is 1. The molecule has 1 aliphatic heterocycles. The van der Waals surface area contributed by atoms with Gasteiger partial charge in [0.25, 0.3) is 5.91 Å². The Kier molecular flexibility index (Phi) is 8.02. The lowest BCUT2D eigenvalue weighted by Gasteiger charge is -2.36. The molecule has 0 bridgehead atoms. The number of aromatic amines is 1. The first-order valence-electron chi connectivity index (χ1n) is 13.0. The Labute approximate surface area is 237 Å². The molecule has 1 saturated heterocycles. The molecule has 0 aliphatic carbocycles. The van der Waals surface area contributed by atoms with Crippen LogP contribution in [0.2, 0.25) is 10.0 Å². The summed E-state index contributed by atoms with van der Waals surface area (Å²) in [7, 11) is 0. The van der Waals surface area contributed by atoms with E-state index in [-0.39, 0.29) is 17.3 Å². The van der Waals surface area contributed by atoms with Crippen LogP contribution in [0.25, 0.3) is 11.3 Å². The highest BCUT2D eigenvalue weighted by atomic mass is 35.5. The van der Waals surface area contributed by atoms with Crippen LogP contribution >= 0.6 is 23.2 Å². The second kappa shape index (κ2) is 11.5. The van der Waals surface area contributed by atoms with E-state index in [0.717, 1.165) is 49.3 Å². The molecule has 204 valence electrons. The fourth-order valence-corrected chi connectivity index (χ4v) is 5.64. The van der Waals surface area contributed by atoms with E-state index in [1.54, 1.807) is 18.2 Å². The van der Waals surface area contributed by atoms with Gasteiger partial charge in [0.05, 0.1) is 12.2 Å². The number of piperidine rings is 1. The van der Waals surface area contributed by atoms with Crippen molar-refractivity contribution >= 4 is 35.1 Å². The minimum atomic E-state index is -0.290. The van der Waals surface area contributed by atoms with Gasteiger partial charge in [-0.3, -0.25) is 14.8 Å². The number of aromatic nitrogens is 6. The Morgan fingerprint density at radius 3 is 2.36 bits per heavy atom. The minimum Gasteiger partial charge on any atom is -0.303 e. The van der Waals surface area contributed by atoms with Crippen molar-refractivity contribution in [3.05, 3.63) is 75.4 Å². The van der Waals surface area contributed by atoms with Crippen LogP contribution < -0.4 is 5.32 Å². The van der Waals surface area contributed by atoms with Crippen LogP contribution in [-0.4, -0.2) is 60.8 Å². The number of tetrazole rings is 1. The van der Waals surface area contributed by atoms with Gasteiger partial charge in [-0.15, -0.1) is 0 Å². The normalized spacial score (nSPS) is 15.0. The van der Waals surface area contributed by atoms with Gasteiger partial charge in [0.15, 0.2) is 0 Å². The largest absolute Gasteiger partial charge is 0.303 e. The summed E-state index contributed by atoms with van der Waals surface area (Å²) >= 11 is 12.6. The van der Waals surface area contributed by atoms with Gasteiger partial charge in [0.1, 0.15) is 0 Å². The van der Waals surface area contributed by atoms with Gasteiger partial charge >= 0.3 is 0 Å². The molecule has 0 spiro atoms. The molecular weight excluding hydrogens is 535 g/mol. The summed E-state index contributed by atoms with van der Waals surface area (Å²) in [6.45, 7) is 10.7. The van der Waals surface area contributed by atoms with Gasteiger partial charge in [-0.1, -0.05) is 61.2 Å². The standard InChI is InChI=1S/C28H32Cl2N8O/c1-28(2,3)17-37-10-8-19(9-11-37)25-15-24(21-12-22(29)14-23(30)13-21)34-38(25)16-18-4-6-20(7-5-18)26(39)31-27-32-35-36-33-27/h4-7,12-15,19H,8-11,16-17H2,1-3H3,(H2,31,32,33,35,36,39). The van der Waals surface area contributed by atoms with Crippen molar-refractivity contribution in [2.45, 2.75) is 46.1 Å². The fourth-order valence-electron chi connectivity index (χ4n) is 5.11. The molecule has 39 heavy (non-hydrogen) atoms. The molecule has 2 aromatic carbocycles. The molecule has 1 fully saturated rings. The van der Waals surface area contributed by atoms with Crippen molar-refractivity contribution in [1.82, 2.24) is 35.3 Å². The van der Waals surface area contributed by atoms with Crippen molar-refractivity contribution < 1.29 is 4.79 Å². The van der Waals surface area contributed by atoms with Crippen molar-refractivity contribution in [3.8, 4) is 11.3 Å². The average Bonchev–Trinajstić information content (AvgIpc) is 3.54. The third kappa shape index (κ3) is 7.03. The molecule has 0 radical (unpaired) electrons. The molecular formula is C28H32Cl2N8O.